The van der Waals surface area contributed by atoms with Gasteiger partial charge in [-0.25, -0.2) is 4.79 Å². The summed E-state index contributed by atoms with van der Waals surface area (Å²) >= 11 is 0. The molecule has 1 aromatic rings. The maximum Gasteiger partial charge on any atom is 0.333 e. The van der Waals surface area contributed by atoms with Crippen molar-refractivity contribution in [2.75, 3.05) is 11.5 Å². The van der Waals surface area contributed by atoms with Crippen LogP contribution in [0.2, 0.25) is 0 Å². The van der Waals surface area contributed by atoms with Gasteiger partial charge in [0, 0.05) is 16.9 Å². The lowest BCUT2D eigenvalue weighted by atomic mass is 10.2. The van der Waals surface area contributed by atoms with Crippen molar-refractivity contribution in [1.29, 1.82) is 0 Å². The average Bonchev–Trinajstić information content (AvgIpc) is 2.12. The van der Waals surface area contributed by atoms with E-state index in [2.05, 4.69) is 6.58 Å². The molecule has 0 unspecified atom stereocenters. The van der Waals surface area contributed by atoms with E-state index in [0.29, 0.717) is 16.9 Å². The maximum atomic E-state index is 11.1. The minimum absolute atomic E-state index is 0.154. The molecule has 0 saturated heterocycles. The SMILES string of the molecule is C=C(C)C(=O)OCc1cc(N)cc(N)c1. The molecule has 4 N–H and O–H groups in total. The Labute approximate surface area is 88.5 Å². The molecule has 0 atom stereocenters. The van der Waals surface area contributed by atoms with Gasteiger partial charge in [0.1, 0.15) is 6.61 Å². The van der Waals surface area contributed by atoms with Gasteiger partial charge in [0.2, 0.25) is 0 Å². The molecular formula is C11H14N2O2. The number of carbonyl (C=O) groups excluding carboxylic acids is 1. The number of nitrogens with two attached hydrogens (primary N) is 2. The van der Waals surface area contributed by atoms with E-state index in [1.807, 2.05) is 0 Å². The molecule has 0 radical (unpaired) electrons. The fourth-order valence-electron chi connectivity index (χ4n) is 1.10. The number of benzene rings is 1. The smallest absolute Gasteiger partial charge is 0.333 e. The third-order valence-electron chi connectivity index (χ3n) is 1.76. The third-order valence-corrected chi connectivity index (χ3v) is 1.76. The Kier molecular flexibility index (Phi) is 3.33. The van der Waals surface area contributed by atoms with E-state index in [1.165, 1.54) is 0 Å². The molecule has 0 aliphatic heterocycles. The number of rotatable bonds is 3. The van der Waals surface area contributed by atoms with Crippen molar-refractivity contribution in [1.82, 2.24) is 0 Å². The Morgan fingerprint density at radius 1 is 1.33 bits per heavy atom. The first kappa shape index (κ1) is 11.1. The summed E-state index contributed by atoms with van der Waals surface area (Å²) in [5.74, 6) is -0.420. The molecule has 0 heterocycles. The van der Waals surface area contributed by atoms with Crippen LogP contribution in [0.5, 0.6) is 0 Å². The normalized spacial score (nSPS) is 9.67. The van der Waals surface area contributed by atoms with Crippen molar-refractivity contribution in [3.8, 4) is 0 Å². The standard InChI is InChI=1S/C11H14N2O2/c1-7(2)11(14)15-6-8-3-9(12)5-10(13)4-8/h3-5H,1,6,12-13H2,2H3. The van der Waals surface area contributed by atoms with Crippen molar-refractivity contribution in [2.45, 2.75) is 13.5 Å². The molecule has 0 aliphatic carbocycles. The minimum Gasteiger partial charge on any atom is -0.457 e. The van der Waals surface area contributed by atoms with Gasteiger partial charge in [0.15, 0.2) is 0 Å². The molecule has 0 saturated carbocycles. The quantitative estimate of drug-likeness (QED) is 0.446. The summed E-state index contributed by atoms with van der Waals surface area (Å²) in [6.45, 7) is 5.23. The first-order valence-corrected chi connectivity index (χ1v) is 4.46. The monoisotopic (exact) mass is 206 g/mol. The van der Waals surface area contributed by atoms with E-state index in [0.717, 1.165) is 5.56 Å². The van der Waals surface area contributed by atoms with Crippen LogP contribution in [0.1, 0.15) is 12.5 Å². The molecule has 0 aliphatic rings. The van der Waals surface area contributed by atoms with Crippen LogP contribution in [0.4, 0.5) is 11.4 Å². The molecule has 80 valence electrons. The first-order valence-electron chi connectivity index (χ1n) is 4.46. The summed E-state index contributed by atoms with van der Waals surface area (Å²) in [7, 11) is 0. The van der Waals surface area contributed by atoms with Crippen molar-refractivity contribution in [3.05, 3.63) is 35.9 Å². The van der Waals surface area contributed by atoms with E-state index in [1.54, 1.807) is 25.1 Å². The maximum absolute atomic E-state index is 11.1. The van der Waals surface area contributed by atoms with Crippen LogP contribution in [-0.2, 0) is 16.1 Å². The highest BCUT2D eigenvalue weighted by atomic mass is 16.5. The Bertz CT molecular complexity index is 379. The molecule has 0 aromatic heterocycles. The number of hydrogen-bond donors (Lipinski definition) is 2. The van der Waals surface area contributed by atoms with Gasteiger partial charge < -0.3 is 16.2 Å². The van der Waals surface area contributed by atoms with Gasteiger partial charge in [-0.3, -0.25) is 0 Å². The van der Waals surface area contributed by atoms with E-state index in [9.17, 15) is 4.79 Å². The third kappa shape index (κ3) is 3.34. The summed E-state index contributed by atoms with van der Waals surface area (Å²) in [6.07, 6.45) is 0. The lowest BCUT2D eigenvalue weighted by molar-refractivity contribution is -0.140. The Hall–Kier alpha value is -1.97. The lowest BCUT2D eigenvalue weighted by Gasteiger charge is -2.06. The van der Waals surface area contributed by atoms with Crippen molar-refractivity contribution < 1.29 is 9.53 Å². The molecule has 15 heavy (non-hydrogen) atoms. The number of nitrogen functional groups attached to an aromatic ring is 2. The Morgan fingerprint density at radius 3 is 2.33 bits per heavy atom. The van der Waals surface area contributed by atoms with Gasteiger partial charge in [-0.05, 0) is 30.7 Å². The fraction of sp³-hybridized carbons (Fsp3) is 0.182. The van der Waals surface area contributed by atoms with Gasteiger partial charge in [0.05, 0.1) is 0 Å². The molecule has 1 rings (SSSR count). The van der Waals surface area contributed by atoms with Crippen LogP contribution in [0, 0.1) is 0 Å². The van der Waals surface area contributed by atoms with Crippen LogP contribution in [0.25, 0.3) is 0 Å². The molecule has 0 spiro atoms. The zero-order chi connectivity index (χ0) is 11.4. The van der Waals surface area contributed by atoms with Gasteiger partial charge in [-0.2, -0.15) is 0 Å². The molecule has 1 aromatic carbocycles. The zero-order valence-electron chi connectivity index (χ0n) is 8.62. The van der Waals surface area contributed by atoms with Gasteiger partial charge in [-0.15, -0.1) is 0 Å². The molecule has 0 bridgehead atoms. The lowest BCUT2D eigenvalue weighted by Crippen LogP contribution is -2.05. The average molecular weight is 206 g/mol. The summed E-state index contributed by atoms with van der Waals surface area (Å²) in [5, 5.41) is 0. The second-order valence-corrected chi connectivity index (χ2v) is 3.36. The van der Waals surface area contributed by atoms with Crippen LogP contribution in [-0.4, -0.2) is 5.97 Å². The number of anilines is 2. The van der Waals surface area contributed by atoms with Gasteiger partial charge >= 0.3 is 5.97 Å². The summed E-state index contributed by atoms with van der Waals surface area (Å²) in [6, 6.07) is 5.06. The van der Waals surface area contributed by atoms with Crippen LogP contribution in [0.15, 0.2) is 30.4 Å². The van der Waals surface area contributed by atoms with Gasteiger partial charge in [-0.1, -0.05) is 6.58 Å². The van der Waals surface area contributed by atoms with E-state index in [-0.39, 0.29) is 6.61 Å². The van der Waals surface area contributed by atoms with E-state index < -0.39 is 5.97 Å². The number of esters is 1. The van der Waals surface area contributed by atoms with Crippen LogP contribution < -0.4 is 11.5 Å². The van der Waals surface area contributed by atoms with Crippen molar-refractivity contribution in [2.24, 2.45) is 0 Å². The highest BCUT2D eigenvalue weighted by molar-refractivity contribution is 5.86. The van der Waals surface area contributed by atoms with Crippen LogP contribution >= 0.6 is 0 Å². The first-order chi connectivity index (χ1) is 6.99. The topological polar surface area (TPSA) is 78.3 Å². The van der Waals surface area contributed by atoms with E-state index in [4.69, 9.17) is 16.2 Å². The Morgan fingerprint density at radius 2 is 1.87 bits per heavy atom. The van der Waals surface area contributed by atoms with E-state index >= 15 is 0 Å². The van der Waals surface area contributed by atoms with Crippen molar-refractivity contribution in [3.63, 3.8) is 0 Å². The number of carbonyl (C=O) groups is 1. The molecular weight excluding hydrogens is 192 g/mol. The predicted molar refractivity (Wildman–Crippen MR) is 59.9 cm³/mol. The molecule has 0 fully saturated rings. The predicted octanol–water partition coefficient (Wildman–Crippen LogP) is 1.47. The largest absolute Gasteiger partial charge is 0.457 e. The van der Waals surface area contributed by atoms with Crippen molar-refractivity contribution >= 4 is 17.3 Å². The molecule has 4 heteroatoms. The van der Waals surface area contributed by atoms with Gasteiger partial charge in [0.25, 0.3) is 0 Å². The highest BCUT2D eigenvalue weighted by Gasteiger charge is 2.04. The second-order valence-electron chi connectivity index (χ2n) is 3.36. The minimum atomic E-state index is -0.420. The number of hydrogen-bond acceptors (Lipinski definition) is 4. The fourth-order valence-corrected chi connectivity index (χ4v) is 1.10. The Balaban J connectivity index is 2.65. The molecule has 4 nitrogen and oxygen atoms in total. The summed E-state index contributed by atoms with van der Waals surface area (Å²) in [5.41, 5.74) is 13.4. The summed E-state index contributed by atoms with van der Waals surface area (Å²) < 4.78 is 4.95. The zero-order valence-corrected chi connectivity index (χ0v) is 8.62. The number of ether oxygens (including phenoxy) is 1. The highest BCUT2D eigenvalue weighted by Crippen LogP contribution is 2.14. The van der Waals surface area contributed by atoms with Crippen LogP contribution in [0.3, 0.4) is 0 Å². The second kappa shape index (κ2) is 4.50. The summed E-state index contributed by atoms with van der Waals surface area (Å²) in [4.78, 5) is 11.1. The molecule has 0 amide bonds.